The molecule has 0 aliphatic carbocycles. The van der Waals surface area contributed by atoms with Gasteiger partial charge in [0.2, 0.25) is 0 Å². The Labute approximate surface area is 121 Å². The number of hydrogen-bond donors (Lipinski definition) is 1. The highest BCUT2D eigenvalue weighted by Gasteiger charge is 2.05. The highest BCUT2D eigenvalue weighted by Crippen LogP contribution is 2.17. The van der Waals surface area contributed by atoms with E-state index in [2.05, 4.69) is 10.5 Å². The summed E-state index contributed by atoms with van der Waals surface area (Å²) in [4.78, 5) is 10.2. The minimum Gasteiger partial charge on any atom is -0.278 e. The maximum Gasteiger partial charge on any atom is 0.271 e. The van der Waals surface area contributed by atoms with Gasteiger partial charge in [-0.25, -0.2) is 0 Å². The second kappa shape index (κ2) is 6.16. The number of anilines is 1. The smallest absolute Gasteiger partial charge is 0.271 e. The van der Waals surface area contributed by atoms with Gasteiger partial charge < -0.3 is 0 Å². The van der Waals surface area contributed by atoms with Crippen LogP contribution in [0.4, 0.5) is 11.4 Å². The highest BCUT2D eigenvalue weighted by molar-refractivity contribution is 6.30. The van der Waals surface area contributed by atoms with Crippen molar-refractivity contribution in [3.05, 3.63) is 69.2 Å². The first kappa shape index (κ1) is 14.0. The van der Waals surface area contributed by atoms with Crippen LogP contribution in [0.25, 0.3) is 0 Å². The zero-order chi connectivity index (χ0) is 14.5. The molecule has 0 spiro atoms. The Hall–Kier alpha value is -2.40. The van der Waals surface area contributed by atoms with Gasteiger partial charge in [-0.2, -0.15) is 5.10 Å². The van der Waals surface area contributed by atoms with Crippen molar-refractivity contribution in [1.82, 2.24) is 0 Å². The Morgan fingerprint density at radius 2 is 1.95 bits per heavy atom. The zero-order valence-corrected chi connectivity index (χ0v) is 11.5. The fraction of sp³-hybridized carbons (Fsp3) is 0.0714. The normalized spacial score (nSPS) is 11.2. The molecule has 0 heterocycles. The molecular weight excluding hydrogens is 278 g/mol. The van der Waals surface area contributed by atoms with Crippen LogP contribution in [-0.2, 0) is 0 Å². The van der Waals surface area contributed by atoms with Gasteiger partial charge >= 0.3 is 0 Å². The summed E-state index contributed by atoms with van der Waals surface area (Å²) >= 11 is 5.82. The molecular formula is C14H12ClN3O2. The van der Waals surface area contributed by atoms with Crippen molar-refractivity contribution in [2.45, 2.75) is 6.92 Å². The minimum atomic E-state index is -0.444. The van der Waals surface area contributed by atoms with Gasteiger partial charge in [-0.3, -0.25) is 15.5 Å². The summed E-state index contributed by atoms with van der Waals surface area (Å²) in [7, 11) is 0. The predicted octanol–water partition coefficient (Wildman–Crippen LogP) is 4.08. The molecule has 0 aliphatic rings. The van der Waals surface area contributed by atoms with E-state index in [0.29, 0.717) is 10.7 Å². The number of nitrogens with zero attached hydrogens (tertiary/aromatic N) is 2. The summed E-state index contributed by atoms with van der Waals surface area (Å²) in [6.45, 7) is 1.84. The lowest BCUT2D eigenvalue weighted by atomic mass is 10.1. The number of benzene rings is 2. The molecule has 2 aromatic rings. The number of hydrogen-bond acceptors (Lipinski definition) is 4. The second-order valence-corrected chi connectivity index (χ2v) is 4.56. The van der Waals surface area contributed by atoms with Gasteiger partial charge in [-0.1, -0.05) is 29.8 Å². The molecule has 0 radical (unpaired) electrons. The van der Waals surface area contributed by atoms with Crippen molar-refractivity contribution in [1.29, 1.82) is 0 Å². The molecule has 0 saturated carbocycles. The molecule has 0 saturated heterocycles. The number of halogens is 1. The Morgan fingerprint density at radius 3 is 2.60 bits per heavy atom. The van der Waals surface area contributed by atoms with Crippen LogP contribution in [0.15, 0.2) is 53.6 Å². The largest absolute Gasteiger partial charge is 0.278 e. The van der Waals surface area contributed by atoms with Crippen LogP contribution in [0.3, 0.4) is 0 Å². The van der Waals surface area contributed by atoms with E-state index < -0.39 is 4.92 Å². The lowest BCUT2D eigenvalue weighted by Crippen LogP contribution is -1.99. The van der Waals surface area contributed by atoms with E-state index in [4.69, 9.17) is 11.6 Å². The lowest BCUT2D eigenvalue weighted by Gasteiger charge is -2.03. The zero-order valence-electron chi connectivity index (χ0n) is 10.7. The summed E-state index contributed by atoms with van der Waals surface area (Å²) in [6, 6.07) is 13.5. The Bertz CT molecular complexity index is 654. The van der Waals surface area contributed by atoms with Gasteiger partial charge in [-0.15, -0.1) is 0 Å². The van der Waals surface area contributed by atoms with E-state index in [0.717, 1.165) is 11.3 Å². The maximum atomic E-state index is 10.7. The molecule has 0 atom stereocenters. The van der Waals surface area contributed by atoms with Crippen LogP contribution in [0.2, 0.25) is 5.02 Å². The number of nitrogens with one attached hydrogen (secondary N) is 1. The minimum absolute atomic E-state index is 0.0225. The average molecular weight is 290 g/mol. The predicted molar refractivity (Wildman–Crippen MR) is 80.4 cm³/mol. The summed E-state index contributed by atoms with van der Waals surface area (Å²) in [5.41, 5.74) is 5.07. The third-order valence-electron chi connectivity index (χ3n) is 2.67. The van der Waals surface area contributed by atoms with E-state index in [1.165, 1.54) is 12.1 Å². The molecule has 0 aliphatic heterocycles. The van der Waals surface area contributed by atoms with Gasteiger partial charge in [-0.05, 0) is 30.7 Å². The van der Waals surface area contributed by atoms with Crippen LogP contribution in [0, 0.1) is 10.1 Å². The van der Waals surface area contributed by atoms with E-state index in [-0.39, 0.29) is 5.69 Å². The molecule has 102 valence electrons. The fourth-order valence-electron chi connectivity index (χ4n) is 1.59. The van der Waals surface area contributed by atoms with Crippen LogP contribution in [-0.4, -0.2) is 10.6 Å². The van der Waals surface area contributed by atoms with Gasteiger partial charge in [0.05, 0.1) is 16.3 Å². The summed E-state index contributed by atoms with van der Waals surface area (Å²) in [5.74, 6) is 0. The summed E-state index contributed by atoms with van der Waals surface area (Å²) in [6.07, 6.45) is 0. The Kier molecular flexibility index (Phi) is 4.32. The van der Waals surface area contributed by atoms with Crippen LogP contribution in [0.5, 0.6) is 0 Å². The molecule has 20 heavy (non-hydrogen) atoms. The molecule has 5 nitrogen and oxygen atoms in total. The van der Waals surface area contributed by atoms with Gasteiger partial charge in [0.25, 0.3) is 5.69 Å². The van der Waals surface area contributed by atoms with Crippen molar-refractivity contribution in [2.24, 2.45) is 5.10 Å². The van der Waals surface area contributed by atoms with Gasteiger partial charge in [0.15, 0.2) is 0 Å². The van der Waals surface area contributed by atoms with Gasteiger partial charge in [0.1, 0.15) is 0 Å². The van der Waals surface area contributed by atoms with E-state index in [9.17, 15) is 10.1 Å². The molecule has 6 heteroatoms. The van der Waals surface area contributed by atoms with Crippen LogP contribution < -0.4 is 5.43 Å². The van der Waals surface area contributed by atoms with Crippen LogP contribution >= 0.6 is 11.6 Å². The number of nitro groups is 1. The molecule has 0 aromatic heterocycles. The lowest BCUT2D eigenvalue weighted by molar-refractivity contribution is -0.384. The summed E-state index contributed by atoms with van der Waals surface area (Å²) < 4.78 is 0. The van der Waals surface area contributed by atoms with E-state index >= 15 is 0 Å². The second-order valence-electron chi connectivity index (χ2n) is 4.12. The quantitative estimate of drug-likeness (QED) is 0.524. The molecule has 0 unspecified atom stereocenters. The topological polar surface area (TPSA) is 67.5 Å². The van der Waals surface area contributed by atoms with Crippen molar-refractivity contribution < 1.29 is 4.92 Å². The number of nitro benzene ring substituents is 1. The maximum absolute atomic E-state index is 10.7. The van der Waals surface area contributed by atoms with Crippen molar-refractivity contribution >= 4 is 28.7 Å². The highest BCUT2D eigenvalue weighted by atomic mass is 35.5. The average Bonchev–Trinajstić information content (AvgIpc) is 2.46. The van der Waals surface area contributed by atoms with Crippen molar-refractivity contribution in [2.75, 3.05) is 5.43 Å². The van der Waals surface area contributed by atoms with E-state index in [1.54, 1.807) is 24.3 Å². The molecule has 1 N–H and O–H groups in total. The summed E-state index contributed by atoms with van der Waals surface area (Å²) in [5, 5.41) is 15.5. The number of non-ortho nitro benzene ring substituents is 1. The fourth-order valence-corrected chi connectivity index (χ4v) is 1.72. The number of rotatable bonds is 4. The standard InChI is InChI=1S/C14H12ClN3O2/c1-10(11-5-7-12(15)8-6-11)16-17-13-3-2-4-14(9-13)18(19)20/h2-9,17H,1H3. The first-order chi connectivity index (χ1) is 9.56. The molecule has 2 aromatic carbocycles. The molecule has 0 amide bonds. The third-order valence-corrected chi connectivity index (χ3v) is 2.92. The SMILES string of the molecule is CC(=NNc1cccc([N+](=O)[O-])c1)c1ccc(Cl)cc1. The van der Waals surface area contributed by atoms with E-state index in [1.807, 2.05) is 19.1 Å². The first-order valence-corrected chi connectivity index (χ1v) is 6.25. The van der Waals surface area contributed by atoms with Crippen molar-refractivity contribution in [3.63, 3.8) is 0 Å². The molecule has 2 rings (SSSR count). The van der Waals surface area contributed by atoms with Gasteiger partial charge in [0, 0.05) is 17.2 Å². The third kappa shape index (κ3) is 3.55. The number of hydrazone groups is 1. The van der Waals surface area contributed by atoms with Crippen molar-refractivity contribution in [3.8, 4) is 0 Å². The monoisotopic (exact) mass is 289 g/mol. The Balaban J connectivity index is 2.14. The first-order valence-electron chi connectivity index (χ1n) is 5.87. The molecule has 0 fully saturated rings. The van der Waals surface area contributed by atoms with Crippen LogP contribution in [0.1, 0.15) is 12.5 Å². The molecule has 0 bridgehead atoms. The Morgan fingerprint density at radius 1 is 1.25 bits per heavy atom.